The molecule has 0 saturated heterocycles. The van der Waals surface area contributed by atoms with Gasteiger partial charge in [-0.05, 0) is 31.9 Å². The van der Waals surface area contributed by atoms with Crippen LogP contribution in [0.4, 0.5) is 0 Å². The van der Waals surface area contributed by atoms with Crippen LogP contribution in [-0.2, 0) is 9.53 Å². The number of hydrogen-bond donors (Lipinski definition) is 1. The fraction of sp³-hybridized carbons (Fsp3) is 0.800. The van der Waals surface area contributed by atoms with E-state index in [0.717, 1.165) is 19.3 Å². The molecule has 76 valence electrons. The molecule has 0 spiro atoms. The molecule has 0 unspecified atom stereocenters. The first-order valence-corrected chi connectivity index (χ1v) is 4.93. The summed E-state index contributed by atoms with van der Waals surface area (Å²) in [6, 6.07) is 0. The summed E-state index contributed by atoms with van der Waals surface area (Å²) in [5.41, 5.74) is 0. The lowest BCUT2D eigenvalue weighted by Crippen LogP contribution is -2.16. The summed E-state index contributed by atoms with van der Waals surface area (Å²) in [4.78, 5) is 11.1. The lowest BCUT2D eigenvalue weighted by atomic mass is 10.2. The van der Waals surface area contributed by atoms with Crippen LogP contribution < -0.4 is 0 Å². The zero-order valence-corrected chi connectivity index (χ0v) is 8.51. The summed E-state index contributed by atoms with van der Waals surface area (Å²) >= 11 is 0. The third kappa shape index (κ3) is 6.31. The van der Waals surface area contributed by atoms with Gasteiger partial charge in [0.1, 0.15) is 6.10 Å². The highest BCUT2D eigenvalue weighted by atomic mass is 16.5. The topological polar surface area (TPSA) is 50.2 Å². The standard InChI is InChI=1S/C10H19NO2/c1-3-9(4-2)13-10(12)7-5-6-8-11/h8-9,11H,3-7H2,1-2H3. The zero-order chi connectivity index (χ0) is 10.1. The minimum Gasteiger partial charge on any atom is -0.462 e. The van der Waals surface area contributed by atoms with Gasteiger partial charge in [0, 0.05) is 6.42 Å². The van der Waals surface area contributed by atoms with Crippen molar-refractivity contribution in [3.05, 3.63) is 0 Å². The van der Waals surface area contributed by atoms with Crippen molar-refractivity contribution < 1.29 is 9.53 Å². The Morgan fingerprint density at radius 1 is 1.46 bits per heavy atom. The zero-order valence-electron chi connectivity index (χ0n) is 8.51. The van der Waals surface area contributed by atoms with Crippen LogP contribution in [-0.4, -0.2) is 18.3 Å². The monoisotopic (exact) mass is 185 g/mol. The van der Waals surface area contributed by atoms with Gasteiger partial charge in [-0.25, -0.2) is 0 Å². The fourth-order valence-electron chi connectivity index (χ4n) is 1.05. The molecule has 3 nitrogen and oxygen atoms in total. The molecule has 0 rings (SSSR count). The number of rotatable bonds is 7. The minimum atomic E-state index is -0.129. The van der Waals surface area contributed by atoms with Crippen molar-refractivity contribution in [1.82, 2.24) is 0 Å². The summed E-state index contributed by atoms with van der Waals surface area (Å²) in [5.74, 6) is -0.129. The van der Waals surface area contributed by atoms with Crippen molar-refractivity contribution in [1.29, 1.82) is 5.41 Å². The maximum absolute atomic E-state index is 11.1. The Bertz CT molecular complexity index is 153. The lowest BCUT2D eigenvalue weighted by molar-refractivity contribution is -0.149. The van der Waals surface area contributed by atoms with Gasteiger partial charge in [-0.3, -0.25) is 4.79 Å². The van der Waals surface area contributed by atoms with E-state index in [1.54, 1.807) is 0 Å². The van der Waals surface area contributed by atoms with Gasteiger partial charge in [-0.2, -0.15) is 0 Å². The van der Waals surface area contributed by atoms with E-state index in [4.69, 9.17) is 10.1 Å². The molecule has 0 bridgehead atoms. The van der Waals surface area contributed by atoms with Gasteiger partial charge in [0.05, 0.1) is 0 Å². The molecule has 0 heterocycles. The van der Waals surface area contributed by atoms with E-state index in [2.05, 4.69) is 0 Å². The van der Waals surface area contributed by atoms with Gasteiger partial charge < -0.3 is 10.1 Å². The fourth-order valence-corrected chi connectivity index (χ4v) is 1.05. The van der Waals surface area contributed by atoms with E-state index >= 15 is 0 Å². The van der Waals surface area contributed by atoms with Crippen LogP contribution in [0.3, 0.4) is 0 Å². The molecule has 13 heavy (non-hydrogen) atoms. The summed E-state index contributed by atoms with van der Waals surface area (Å²) in [7, 11) is 0. The van der Waals surface area contributed by atoms with E-state index in [1.165, 1.54) is 6.21 Å². The maximum atomic E-state index is 11.1. The van der Waals surface area contributed by atoms with Crippen LogP contribution in [0.5, 0.6) is 0 Å². The van der Waals surface area contributed by atoms with Gasteiger partial charge in [-0.1, -0.05) is 13.8 Å². The van der Waals surface area contributed by atoms with Crippen molar-refractivity contribution in [3.8, 4) is 0 Å². The van der Waals surface area contributed by atoms with Crippen molar-refractivity contribution in [3.63, 3.8) is 0 Å². The Morgan fingerprint density at radius 3 is 2.54 bits per heavy atom. The predicted molar refractivity (Wildman–Crippen MR) is 53.1 cm³/mol. The van der Waals surface area contributed by atoms with Gasteiger partial charge in [0.15, 0.2) is 0 Å². The van der Waals surface area contributed by atoms with E-state index in [1.807, 2.05) is 13.8 Å². The van der Waals surface area contributed by atoms with Crippen LogP contribution >= 0.6 is 0 Å². The smallest absolute Gasteiger partial charge is 0.306 e. The number of carbonyl (C=O) groups is 1. The molecule has 0 fully saturated rings. The van der Waals surface area contributed by atoms with Crippen LogP contribution in [0.25, 0.3) is 0 Å². The molecule has 0 aromatic carbocycles. The average Bonchev–Trinajstić information content (AvgIpc) is 2.14. The van der Waals surface area contributed by atoms with Crippen molar-refractivity contribution >= 4 is 12.2 Å². The van der Waals surface area contributed by atoms with Gasteiger partial charge in [0.2, 0.25) is 0 Å². The number of hydrogen-bond acceptors (Lipinski definition) is 3. The Balaban J connectivity index is 3.53. The van der Waals surface area contributed by atoms with E-state index in [9.17, 15) is 4.79 Å². The van der Waals surface area contributed by atoms with E-state index in [-0.39, 0.29) is 12.1 Å². The van der Waals surface area contributed by atoms with Crippen molar-refractivity contribution in [2.24, 2.45) is 0 Å². The molecular weight excluding hydrogens is 166 g/mol. The molecule has 0 aromatic rings. The molecular formula is C10H19NO2. The molecule has 0 amide bonds. The van der Waals surface area contributed by atoms with Gasteiger partial charge in [0.25, 0.3) is 0 Å². The number of unbranched alkanes of at least 4 members (excludes halogenated alkanes) is 1. The molecule has 0 aliphatic heterocycles. The molecule has 0 aliphatic rings. The van der Waals surface area contributed by atoms with Crippen LogP contribution in [0.1, 0.15) is 46.0 Å². The third-order valence-electron chi connectivity index (χ3n) is 1.94. The van der Waals surface area contributed by atoms with Crippen molar-refractivity contribution in [2.45, 2.75) is 52.1 Å². The highest BCUT2D eigenvalue weighted by Crippen LogP contribution is 2.05. The van der Waals surface area contributed by atoms with Gasteiger partial charge in [-0.15, -0.1) is 0 Å². The third-order valence-corrected chi connectivity index (χ3v) is 1.94. The quantitative estimate of drug-likeness (QED) is 0.376. The summed E-state index contributed by atoms with van der Waals surface area (Å²) in [6.07, 6.45) is 4.99. The highest BCUT2D eigenvalue weighted by Gasteiger charge is 2.09. The average molecular weight is 185 g/mol. The lowest BCUT2D eigenvalue weighted by Gasteiger charge is -2.13. The Hall–Kier alpha value is -0.860. The summed E-state index contributed by atoms with van der Waals surface area (Å²) in [5, 5.41) is 6.78. The number of nitrogens with one attached hydrogen (secondary N) is 1. The minimum absolute atomic E-state index is 0.0764. The predicted octanol–water partition coefficient (Wildman–Crippen LogP) is 2.54. The van der Waals surface area contributed by atoms with E-state index in [0.29, 0.717) is 12.8 Å². The number of esters is 1. The summed E-state index contributed by atoms with van der Waals surface area (Å²) < 4.78 is 5.18. The molecule has 0 atom stereocenters. The Labute approximate surface area is 80.0 Å². The molecule has 0 radical (unpaired) electrons. The van der Waals surface area contributed by atoms with Crippen LogP contribution in [0, 0.1) is 5.41 Å². The first kappa shape index (κ1) is 12.1. The second kappa shape index (κ2) is 7.77. The number of carbonyl (C=O) groups excluding carboxylic acids is 1. The molecule has 0 aromatic heterocycles. The molecule has 1 N–H and O–H groups in total. The molecule has 0 saturated carbocycles. The van der Waals surface area contributed by atoms with Gasteiger partial charge >= 0.3 is 5.97 Å². The molecule has 0 aliphatic carbocycles. The highest BCUT2D eigenvalue weighted by molar-refractivity contribution is 5.70. The van der Waals surface area contributed by atoms with Crippen LogP contribution in [0.2, 0.25) is 0 Å². The SMILES string of the molecule is CCC(CC)OC(=O)CCCC=N. The largest absolute Gasteiger partial charge is 0.462 e. The van der Waals surface area contributed by atoms with Crippen molar-refractivity contribution in [2.75, 3.05) is 0 Å². The Kier molecular flexibility index (Phi) is 7.26. The van der Waals surface area contributed by atoms with E-state index < -0.39 is 0 Å². The normalized spacial score (nSPS) is 10.1. The second-order valence-electron chi connectivity index (χ2n) is 3.02. The second-order valence-corrected chi connectivity index (χ2v) is 3.02. The summed E-state index contributed by atoms with van der Waals surface area (Å²) in [6.45, 7) is 4.03. The maximum Gasteiger partial charge on any atom is 0.306 e. The van der Waals surface area contributed by atoms with Crippen LogP contribution in [0.15, 0.2) is 0 Å². The first-order chi connectivity index (χ1) is 6.24. The first-order valence-electron chi connectivity index (χ1n) is 4.93. The number of ether oxygens (including phenoxy) is 1. The molecule has 3 heteroatoms. The Morgan fingerprint density at radius 2 is 2.08 bits per heavy atom.